The van der Waals surface area contributed by atoms with E-state index in [9.17, 15) is 0 Å². The van der Waals surface area contributed by atoms with Crippen molar-refractivity contribution in [2.45, 2.75) is 45.1 Å². The molecule has 1 saturated carbocycles. The lowest BCUT2D eigenvalue weighted by molar-refractivity contribution is 0.566. The molecule has 0 aliphatic heterocycles. The lowest BCUT2D eigenvalue weighted by Gasteiger charge is -2.11. The highest BCUT2D eigenvalue weighted by atomic mass is 14.6. The molecular formula is C14H21N. The van der Waals surface area contributed by atoms with Crippen LogP contribution in [0.3, 0.4) is 0 Å². The Balaban J connectivity index is 1.85. The summed E-state index contributed by atoms with van der Waals surface area (Å²) in [4.78, 5) is 0. The van der Waals surface area contributed by atoms with Crippen LogP contribution in [0.4, 0.5) is 0 Å². The summed E-state index contributed by atoms with van der Waals surface area (Å²) < 4.78 is 0. The van der Waals surface area contributed by atoms with E-state index in [4.69, 9.17) is 5.73 Å². The van der Waals surface area contributed by atoms with Crippen LogP contribution in [-0.4, -0.2) is 6.04 Å². The third kappa shape index (κ3) is 3.35. The predicted molar refractivity (Wildman–Crippen MR) is 64.8 cm³/mol. The van der Waals surface area contributed by atoms with Crippen LogP contribution in [0.1, 0.15) is 37.3 Å². The number of nitrogens with two attached hydrogens (primary N) is 1. The number of aryl methyl sites for hydroxylation is 1. The van der Waals surface area contributed by atoms with Crippen molar-refractivity contribution in [3.05, 3.63) is 35.4 Å². The van der Waals surface area contributed by atoms with Crippen LogP contribution in [0, 0.1) is 5.92 Å². The first kappa shape index (κ1) is 10.7. The second kappa shape index (κ2) is 4.80. The van der Waals surface area contributed by atoms with Crippen LogP contribution < -0.4 is 5.73 Å². The average Bonchev–Trinajstić information content (AvgIpc) is 3.03. The van der Waals surface area contributed by atoms with Gasteiger partial charge in [-0.05, 0) is 36.3 Å². The molecule has 1 aliphatic carbocycles. The first-order valence-electron chi connectivity index (χ1n) is 6.11. The van der Waals surface area contributed by atoms with Crippen molar-refractivity contribution in [1.82, 2.24) is 0 Å². The normalized spacial score (nSPS) is 17.7. The summed E-state index contributed by atoms with van der Waals surface area (Å²) in [6.07, 6.45) is 6.19. The Morgan fingerprint density at radius 1 is 1.20 bits per heavy atom. The first-order chi connectivity index (χ1) is 7.28. The molecule has 0 heterocycles. The molecular weight excluding hydrogens is 182 g/mol. The van der Waals surface area contributed by atoms with Gasteiger partial charge < -0.3 is 5.73 Å². The Kier molecular flexibility index (Phi) is 3.42. The van der Waals surface area contributed by atoms with Crippen LogP contribution in [0.5, 0.6) is 0 Å². The maximum absolute atomic E-state index is 6.12. The number of hydrogen-bond donors (Lipinski definition) is 1. The van der Waals surface area contributed by atoms with Gasteiger partial charge in [-0.1, -0.05) is 44.0 Å². The zero-order chi connectivity index (χ0) is 10.7. The third-order valence-corrected chi connectivity index (χ3v) is 3.26. The summed E-state index contributed by atoms with van der Waals surface area (Å²) in [5.41, 5.74) is 8.92. The smallest absolute Gasteiger partial charge is 0.00819 e. The molecule has 0 saturated heterocycles. The zero-order valence-electron chi connectivity index (χ0n) is 9.58. The standard InChI is InChI=1S/C14H21N/c1-2-11-3-5-12(6-4-11)9-14(15)10-13-7-8-13/h3-6,13-14H,2,7-10,15H2,1H3. The van der Waals surface area contributed by atoms with Crippen molar-refractivity contribution in [2.75, 3.05) is 0 Å². The van der Waals surface area contributed by atoms with Crippen molar-refractivity contribution < 1.29 is 0 Å². The summed E-state index contributed by atoms with van der Waals surface area (Å²) in [6.45, 7) is 2.19. The molecule has 0 radical (unpaired) electrons. The maximum Gasteiger partial charge on any atom is 0.00819 e. The SMILES string of the molecule is CCc1ccc(CC(N)CC2CC2)cc1. The molecule has 15 heavy (non-hydrogen) atoms. The van der Waals surface area contributed by atoms with E-state index in [1.807, 2.05) is 0 Å². The Morgan fingerprint density at radius 2 is 1.80 bits per heavy atom. The minimum Gasteiger partial charge on any atom is -0.327 e. The average molecular weight is 203 g/mol. The molecule has 82 valence electrons. The molecule has 1 aromatic rings. The lowest BCUT2D eigenvalue weighted by atomic mass is 10.0. The quantitative estimate of drug-likeness (QED) is 0.782. The van der Waals surface area contributed by atoms with Gasteiger partial charge in [0.15, 0.2) is 0 Å². The van der Waals surface area contributed by atoms with Gasteiger partial charge in [0, 0.05) is 6.04 Å². The van der Waals surface area contributed by atoms with Gasteiger partial charge in [-0.15, -0.1) is 0 Å². The second-order valence-electron chi connectivity index (χ2n) is 4.81. The molecule has 1 atom stereocenters. The van der Waals surface area contributed by atoms with Crippen LogP contribution in [-0.2, 0) is 12.8 Å². The molecule has 1 heteroatoms. The van der Waals surface area contributed by atoms with Crippen molar-refractivity contribution in [3.8, 4) is 0 Å². The topological polar surface area (TPSA) is 26.0 Å². The summed E-state index contributed by atoms with van der Waals surface area (Å²) in [7, 11) is 0. The molecule has 1 unspecified atom stereocenters. The third-order valence-electron chi connectivity index (χ3n) is 3.26. The van der Waals surface area contributed by atoms with E-state index in [1.165, 1.54) is 30.4 Å². The van der Waals surface area contributed by atoms with Gasteiger partial charge in [-0.25, -0.2) is 0 Å². The summed E-state index contributed by atoms with van der Waals surface area (Å²) >= 11 is 0. The highest BCUT2D eigenvalue weighted by Crippen LogP contribution is 2.33. The molecule has 2 rings (SSSR count). The number of hydrogen-bond acceptors (Lipinski definition) is 1. The molecule has 0 bridgehead atoms. The zero-order valence-corrected chi connectivity index (χ0v) is 9.58. The van der Waals surface area contributed by atoms with Gasteiger partial charge in [-0.3, -0.25) is 0 Å². The van der Waals surface area contributed by atoms with E-state index in [-0.39, 0.29) is 0 Å². The molecule has 0 amide bonds. The van der Waals surface area contributed by atoms with Crippen molar-refractivity contribution in [3.63, 3.8) is 0 Å². The Morgan fingerprint density at radius 3 is 2.33 bits per heavy atom. The molecule has 1 aromatic carbocycles. The van der Waals surface area contributed by atoms with E-state index in [0.29, 0.717) is 6.04 Å². The number of rotatable bonds is 5. The minimum absolute atomic E-state index is 0.366. The molecule has 0 aromatic heterocycles. The van der Waals surface area contributed by atoms with E-state index in [1.54, 1.807) is 0 Å². The number of benzene rings is 1. The molecule has 1 aliphatic rings. The van der Waals surface area contributed by atoms with Crippen LogP contribution in [0.15, 0.2) is 24.3 Å². The van der Waals surface area contributed by atoms with Gasteiger partial charge in [0.2, 0.25) is 0 Å². The summed E-state index contributed by atoms with van der Waals surface area (Å²) in [5, 5.41) is 0. The van der Waals surface area contributed by atoms with Crippen molar-refractivity contribution in [2.24, 2.45) is 11.7 Å². The van der Waals surface area contributed by atoms with E-state index in [0.717, 1.165) is 18.8 Å². The van der Waals surface area contributed by atoms with Crippen LogP contribution in [0.2, 0.25) is 0 Å². The fourth-order valence-corrected chi connectivity index (χ4v) is 2.08. The van der Waals surface area contributed by atoms with Crippen LogP contribution >= 0.6 is 0 Å². The van der Waals surface area contributed by atoms with Gasteiger partial charge in [0.05, 0.1) is 0 Å². The van der Waals surface area contributed by atoms with E-state index < -0.39 is 0 Å². The lowest BCUT2D eigenvalue weighted by Crippen LogP contribution is -2.23. The van der Waals surface area contributed by atoms with Crippen molar-refractivity contribution in [1.29, 1.82) is 0 Å². The largest absolute Gasteiger partial charge is 0.327 e. The Bertz CT molecular complexity index is 298. The maximum atomic E-state index is 6.12. The highest BCUT2D eigenvalue weighted by molar-refractivity contribution is 5.23. The Labute approximate surface area is 92.7 Å². The van der Waals surface area contributed by atoms with E-state index in [2.05, 4.69) is 31.2 Å². The second-order valence-corrected chi connectivity index (χ2v) is 4.81. The highest BCUT2D eigenvalue weighted by Gasteiger charge is 2.23. The Hall–Kier alpha value is -0.820. The summed E-state index contributed by atoms with van der Waals surface area (Å²) in [5.74, 6) is 0.940. The molecule has 0 spiro atoms. The minimum atomic E-state index is 0.366. The molecule has 1 nitrogen and oxygen atoms in total. The first-order valence-corrected chi connectivity index (χ1v) is 6.11. The van der Waals surface area contributed by atoms with Crippen molar-refractivity contribution >= 4 is 0 Å². The molecule has 1 fully saturated rings. The van der Waals surface area contributed by atoms with Gasteiger partial charge >= 0.3 is 0 Å². The fourth-order valence-electron chi connectivity index (χ4n) is 2.08. The molecule has 2 N–H and O–H groups in total. The van der Waals surface area contributed by atoms with Gasteiger partial charge in [0.25, 0.3) is 0 Å². The summed E-state index contributed by atoms with van der Waals surface area (Å²) in [6, 6.07) is 9.26. The fraction of sp³-hybridized carbons (Fsp3) is 0.571. The predicted octanol–water partition coefficient (Wildman–Crippen LogP) is 2.92. The van der Waals surface area contributed by atoms with Crippen LogP contribution in [0.25, 0.3) is 0 Å². The van der Waals surface area contributed by atoms with Gasteiger partial charge in [0.1, 0.15) is 0 Å². The monoisotopic (exact) mass is 203 g/mol. The van der Waals surface area contributed by atoms with E-state index >= 15 is 0 Å². The van der Waals surface area contributed by atoms with Gasteiger partial charge in [-0.2, -0.15) is 0 Å².